The molecule has 1 aromatic heterocycles. The molecular weight excluding hydrogens is 294 g/mol. The van der Waals surface area contributed by atoms with Gasteiger partial charge in [0.25, 0.3) is 5.91 Å². The molecule has 23 heavy (non-hydrogen) atoms. The lowest BCUT2D eigenvalue weighted by Gasteiger charge is -2.29. The van der Waals surface area contributed by atoms with E-state index in [4.69, 9.17) is 9.52 Å². The smallest absolute Gasteiger partial charge is 0.338 e. The lowest BCUT2D eigenvalue weighted by Crippen LogP contribution is -2.41. The van der Waals surface area contributed by atoms with Gasteiger partial charge in [0.1, 0.15) is 6.26 Å². The molecule has 1 heterocycles. The minimum Gasteiger partial charge on any atom is -0.478 e. The van der Waals surface area contributed by atoms with Gasteiger partial charge in [-0.25, -0.2) is 4.79 Å². The van der Waals surface area contributed by atoms with Gasteiger partial charge in [-0.05, 0) is 25.3 Å². The normalized spacial score (nSPS) is 11.9. The van der Waals surface area contributed by atoms with E-state index in [0.29, 0.717) is 6.54 Å². The third-order valence-corrected chi connectivity index (χ3v) is 3.88. The molecule has 0 bridgehead atoms. The summed E-state index contributed by atoms with van der Waals surface area (Å²) in [5.41, 5.74) is 1.15. The zero-order valence-electron chi connectivity index (χ0n) is 13.4. The van der Waals surface area contributed by atoms with Crippen molar-refractivity contribution in [1.29, 1.82) is 0 Å². The van der Waals surface area contributed by atoms with Crippen molar-refractivity contribution in [2.24, 2.45) is 0 Å². The molecule has 5 heteroatoms. The van der Waals surface area contributed by atoms with Crippen LogP contribution in [0.3, 0.4) is 0 Å². The average molecular weight is 315 g/mol. The summed E-state index contributed by atoms with van der Waals surface area (Å²) in [6, 6.07) is 11.3. The fourth-order valence-electron chi connectivity index (χ4n) is 2.63. The monoisotopic (exact) mass is 315 g/mol. The van der Waals surface area contributed by atoms with Crippen molar-refractivity contribution in [2.75, 3.05) is 6.54 Å². The molecule has 122 valence electrons. The number of hydrogen-bond donors (Lipinski definition) is 1. The van der Waals surface area contributed by atoms with Crippen LogP contribution < -0.4 is 0 Å². The molecule has 0 radical (unpaired) electrons. The Balaban J connectivity index is 2.18. The van der Waals surface area contributed by atoms with Crippen molar-refractivity contribution in [3.63, 3.8) is 0 Å². The molecule has 0 spiro atoms. The van der Waals surface area contributed by atoms with E-state index in [9.17, 15) is 9.59 Å². The maximum Gasteiger partial charge on any atom is 0.338 e. The summed E-state index contributed by atoms with van der Waals surface area (Å²) < 4.78 is 5.14. The van der Waals surface area contributed by atoms with Gasteiger partial charge >= 0.3 is 5.97 Å². The summed E-state index contributed by atoms with van der Waals surface area (Å²) in [6.07, 6.45) is 2.66. The Labute approximate surface area is 135 Å². The number of carboxylic acids is 1. The fourth-order valence-corrected chi connectivity index (χ4v) is 2.63. The first-order valence-corrected chi connectivity index (χ1v) is 7.73. The van der Waals surface area contributed by atoms with Crippen molar-refractivity contribution < 1.29 is 19.1 Å². The van der Waals surface area contributed by atoms with Gasteiger partial charge in [-0.1, -0.05) is 37.3 Å². The van der Waals surface area contributed by atoms with Crippen molar-refractivity contribution in [3.05, 3.63) is 59.5 Å². The molecule has 5 nitrogen and oxygen atoms in total. The second kappa shape index (κ2) is 7.63. The summed E-state index contributed by atoms with van der Waals surface area (Å²) in [5.74, 6) is -1.31. The van der Waals surface area contributed by atoms with E-state index in [1.165, 1.54) is 6.07 Å². The highest BCUT2D eigenvalue weighted by Gasteiger charge is 2.25. The Kier molecular flexibility index (Phi) is 5.57. The maximum atomic E-state index is 12.6. The zero-order valence-corrected chi connectivity index (χ0v) is 13.4. The topological polar surface area (TPSA) is 70.8 Å². The van der Waals surface area contributed by atoms with Crippen LogP contribution >= 0.6 is 0 Å². The molecule has 0 saturated heterocycles. The Morgan fingerprint density at radius 2 is 1.91 bits per heavy atom. The minimum absolute atomic E-state index is 0.0134. The van der Waals surface area contributed by atoms with Crippen LogP contribution in [0.1, 0.15) is 46.7 Å². The van der Waals surface area contributed by atoms with Crippen LogP contribution in [0, 0.1) is 0 Å². The number of carbonyl (C=O) groups excluding carboxylic acids is 1. The number of likely N-dealkylation sites (N-methyl/N-ethyl adjacent to an activating group) is 1. The number of carboxylic acid groups (broad SMARTS) is 1. The molecule has 1 amide bonds. The van der Waals surface area contributed by atoms with Gasteiger partial charge in [0.2, 0.25) is 0 Å². The standard InChI is InChI=1S/C18H21NO4/c1-3-15(10-13-8-6-5-7-9-13)19(4-2)17(20)16-11-14(12-23-16)18(21)22/h5-9,11-12,15H,3-4,10H2,1-2H3,(H,21,22). The third-order valence-electron chi connectivity index (χ3n) is 3.88. The van der Waals surface area contributed by atoms with Crippen molar-refractivity contribution >= 4 is 11.9 Å². The van der Waals surface area contributed by atoms with E-state index in [1.807, 2.05) is 44.2 Å². The molecule has 1 atom stereocenters. The van der Waals surface area contributed by atoms with Gasteiger partial charge in [-0.15, -0.1) is 0 Å². The number of furan rings is 1. The number of nitrogens with zero attached hydrogens (tertiary/aromatic N) is 1. The SMILES string of the molecule is CCC(Cc1ccccc1)N(CC)C(=O)c1cc(C(=O)O)co1. The van der Waals surface area contributed by atoms with E-state index in [-0.39, 0.29) is 23.3 Å². The highest BCUT2D eigenvalue weighted by molar-refractivity contribution is 5.95. The predicted molar refractivity (Wildman–Crippen MR) is 86.6 cm³/mol. The summed E-state index contributed by atoms with van der Waals surface area (Å²) in [5, 5.41) is 8.94. The van der Waals surface area contributed by atoms with E-state index in [1.54, 1.807) is 4.90 Å². The van der Waals surface area contributed by atoms with Crippen LogP contribution in [0.25, 0.3) is 0 Å². The summed E-state index contributed by atoms with van der Waals surface area (Å²) >= 11 is 0. The Morgan fingerprint density at radius 1 is 1.22 bits per heavy atom. The molecule has 1 aromatic carbocycles. The Hall–Kier alpha value is -2.56. The highest BCUT2D eigenvalue weighted by Crippen LogP contribution is 2.17. The average Bonchev–Trinajstić information content (AvgIpc) is 3.05. The first kappa shape index (κ1) is 16.8. The molecule has 0 aliphatic heterocycles. The van der Waals surface area contributed by atoms with Crippen LogP contribution in [0.4, 0.5) is 0 Å². The lowest BCUT2D eigenvalue weighted by molar-refractivity contribution is 0.0649. The van der Waals surface area contributed by atoms with Crippen molar-refractivity contribution in [3.8, 4) is 0 Å². The van der Waals surface area contributed by atoms with Gasteiger partial charge in [0, 0.05) is 18.7 Å². The van der Waals surface area contributed by atoms with Gasteiger partial charge in [-0.3, -0.25) is 4.79 Å². The second-order valence-electron chi connectivity index (χ2n) is 5.35. The summed E-state index contributed by atoms with van der Waals surface area (Å²) in [7, 11) is 0. The quantitative estimate of drug-likeness (QED) is 0.849. The van der Waals surface area contributed by atoms with Crippen LogP contribution in [0.2, 0.25) is 0 Å². The molecule has 2 rings (SSSR count). The highest BCUT2D eigenvalue weighted by atomic mass is 16.4. The minimum atomic E-state index is -1.10. The van der Waals surface area contributed by atoms with Crippen LogP contribution in [0.5, 0.6) is 0 Å². The number of aromatic carboxylic acids is 1. The van der Waals surface area contributed by atoms with E-state index in [2.05, 4.69) is 0 Å². The number of amides is 1. The number of hydrogen-bond acceptors (Lipinski definition) is 3. The van der Waals surface area contributed by atoms with Gasteiger partial charge in [-0.2, -0.15) is 0 Å². The maximum absolute atomic E-state index is 12.6. The molecule has 1 unspecified atom stereocenters. The van der Waals surface area contributed by atoms with Crippen LogP contribution in [-0.4, -0.2) is 34.5 Å². The Morgan fingerprint density at radius 3 is 2.43 bits per heavy atom. The molecule has 1 N–H and O–H groups in total. The second-order valence-corrected chi connectivity index (χ2v) is 5.35. The Bertz CT molecular complexity index is 663. The number of rotatable bonds is 7. The zero-order chi connectivity index (χ0) is 16.8. The van der Waals surface area contributed by atoms with Crippen molar-refractivity contribution in [1.82, 2.24) is 4.90 Å². The molecule has 2 aromatic rings. The van der Waals surface area contributed by atoms with E-state index >= 15 is 0 Å². The number of carbonyl (C=O) groups is 2. The molecule has 0 aliphatic carbocycles. The van der Waals surface area contributed by atoms with Crippen molar-refractivity contribution in [2.45, 2.75) is 32.7 Å². The fraction of sp³-hybridized carbons (Fsp3) is 0.333. The first-order chi connectivity index (χ1) is 11.1. The molecule has 0 fully saturated rings. The molecular formula is C18H21NO4. The van der Waals surface area contributed by atoms with Gasteiger partial charge in [0.05, 0.1) is 5.56 Å². The van der Waals surface area contributed by atoms with E-state index in [0.717, 1.165) is 24.7 Å². The third kappa shape index (κ3) is 4.00. The molecule has 0 aliphatic rings. The number of benzene rings is 1. The summed E-state index contributed by atoms with van der Waals surface area (Å²) in [6.45, 7) is 4.48. The van der Waals surface area contributed by atoms with E-state index < -0.39 is 5.97 Å². The summed E-state index contributed by atoms with van der Waals surface area (Å²) in [4.78, 5) is 25.3. The van der Waals surface area contributed by atoms with Gasteiger partial charge in [0.15, 0.2) is 5.76 Å². The van der Waals surface area contributed by atoms with Crippen LogP contribution in [-0.2, 0) is 6.42 Å². The molecule has 0 saturated carbocycles. The first-order valence-electron chi connectivity index (χ1n) is 7.73. The lowest BCUT2D eigenvalue weighted by atomic mass is 10.0. The predicted octanol–water partition coefficient (Wildman–Crippen LogP) is 3.46. The van der Waals surface area contributed by atoms with Gasteiger partial charge < -0.3 is 14.4 Å². The van der Waals surface area contributed by atoms with Crippen LogP contribution in [0.15, 0.2) is 47.1 Å². The largest absolute Gasteiger partial charge is 0.478 e.